The largest absolute Gasteiger partial charge is 0.351 e. The lowest BCUT2D eigenvalue weighted by Gasteiger charge is -2.33. The summed E-state index contributed by atoms with van der Waals surface area (Å²) < 4.78 is 28.4. The summed E-state index contributed by atoms with van der Waals surface area (Å²) in [4.78, 5) is 16.6. The number of rotatable bonds is 5. The minimum atomic E-state index is -3.93. The zero-order valence-corrected chi connectivity index (χ0v) is 18.7. The summed E-state index contributed by atoms with van der Waals surface area (Å²) in [5, 5.41) is 3.46. The Balaban J connectivity index is 1.84. The van der Waals surface area contributed by atoms with Gasteiger partial charge in [-0.1, -0.05) is 43.6 Å². The van der Waals surface area contributed by atoms with Crippen molar-refractivity contribution in [2.24, 2.45) is 0 Å². The molecule has 0 saturated carbocycles. The van der Waals surface area contributed by atoms with Crippen LogP contribution in [0.3, 0.4) is 0 Å². The minimum absolute atomic E-state index is 0.0754. The van der Waals surface area contributed by atoms with Gasteiger partial charge in [-0.2, -0.15) is 0 Å². The first-order chi connectivity index (χ1) is 14.7. The SMILES string of the molecule is CC1(C)CNC(=O)c2cc(N(Cc3ccc(Cl)cc3)S(=O)(=O)c3cccnc3)ccc21. The number of carbonyl (C=O) groups excluding carboxylic acids is 1. The van der Waals surface area contributed by atoms with Gasteiger partial charge in [-0.25, -0.2) is 8.42 Å². The van der Waals surface area contributed by atoms with Crippen LogP contribution in [0, 0.1) is 0 Å². The van der Waals surface area contributed by atoms with Crippen LogP contribution in [0.2, 0.25) is 5.02 Å². The van der Waals surface area contributed by atoms with Crippen LogP contribution in [0.15, 0.2) is 71.9 Å². The molecule has 0 atom stereocenters. The van der Waals surface area contributed by atoms with E-state index in [2.05, 4.69) is 10.3 Å². The van der Waals surface area contributed by atoms with Gasteiger partial charge in [-0.05, 0) is 47.5 Å². The number of amides is 1. The van der Waals surface area contributed by atoms with Gasteiger partial charge in [0.25, 0.3) is 15.9 Å². The summed E-state index contributed by atoms with van der Waals surface area (Å²) in [6.07, 6.45) is 2.84. The molecule has 0 bridgehead atoms. The fourth-order valence-corrected chi connectivity index (χ4v) is 5.19. The molecule has 1 aliphatic heterocycles. The number of nitrogens with zero attached hydrogens (tertiary/aromatic N) is 2. The maximum Gasteiger partial charge on any atom is 0.266 e. The maximum atomic E-state index is 13.5. The number of anilines is 1. The highest BCUT2D eigenvalue weighted by molar-refractivity contribution is 7.92. The molecule has 1 N–H and O–H groups in total. The van der Waals surface area contributed by atoms with Gasteiger partial charge < -0.3 is 5.32 Å². The van der Waals surface area contributed by atoms with E-state index >= 15 is 0 Å². The van der Waals surface area contributed by atoms with Crippen LogP contribution >= 0.6 is 11.6 Å². The molecule has 8 heteroatoms. The summed E-state index contributed by atoms with van der Waals surface area (Å²) >= 11 is 5.99. The highest BCUT2D eigenvalue weighted by Gasteiger charge is 2.33. The third kappa shape index (κ3) is 4.16. The van der Waals surface area contributed by atoms with Crippen molar-refractivity contribution >= 4 is 33.2 Å². The molecular formula is C23H22ClN3O3S. The average Bonchev–Trinajstić information content (AvgIpc) is 2.76. The predicted molar refractivity (Wildman–Crippen MR) is 121 cm³/mol. The van der Waals surface area contributed by atoms with Crippen LogP contribution in [0.4, 0.5) is 5.69 Å². The van der Waals surface area contributed by atoms with E-state index in [-0.39, 0.29) is 22.8 Å². The molecule has 2 heterocycles. The third-order valence-electron chi connectivity index (χ3n) is 5.42. The molecule has 4 rings (SSSR count). The molecule has 3 aromatic rings. The second kappa shape index (κ2) is 7.98. The first-order valence-electron chi connectivity index (χ1n) is 9.78. The molecule has 0 saturated heterocycles. The smallest absolute Gasteiger partial charge is 0.266 e. The quantitative estimate of drug-likeness (QED) is 0.626. The van der Waals surface area contributed by atoms with E-state index in [1.54, 1.807) is 42.5 Å². The zero-order chi connectivity index (χ0) is 22.2. The van der Waals surface area contributed by atoms with Crippen molar-refractivity contribution in [3.63, 3.8) is 0 Å². The van der Waals surface area contributed by atoms with Crippen LogP contribution < -0.4 is 9.62 Å². The molecule has 1 aliphatic rings. The summed E-state index contributed by atoms with van der Waals surface area (Å²) in [5.74, 6) is -0.207. The molecule has 1 aromatic heterocycles. The van der Waals surface area contributed by atoms with E-state index in [4.69, 9.17) is 11.6 Å². The molecule has 0 radical (unpaired) electrons. The summed E-state index contributed by atoms with van der Waals surface area (Å²) in [6.45, 7) is 4.70. The fraction of sp³-hybridized carbons (Fsp3) is 0.217. The van der Waals surface area contributed by atoms with Crippen LogP contribution in [0.5, 0.6) is 0 Å². The maximum absolute atomic E-state index is 13.5. The van der Waals surface area contributed by atoms with Crippen molar-refractivity contribution < 1.29 is 13.2 Å². The highest BCUT2D eigenvalue weighted by Crippen LogP contribution is 2.34. The number of fused-ring (bicyclic) bond motifs is 1. The van der Waals surface area contributed by atoms with Crippen LogP contribution in [0.1, 0.15) is 35.3 Å². The van der Waals surface area contributed by atoms with Gasteiger partial charge in [-0.15, -0.1) is 0 Å². The molecule has 160 valence electrons. The second-order valence-corrected chi connectivity index (χ2v) is 10.4. The van der Waals surface area contributed by atoms with E-state index in [1.165, 1.54) is 22.8 Å². The molecule has 0 fully saturated rings. The van der Waals surface area contributed by atoms with Crippen LogP contribution in [-0.4, -0.2) is 25.9 Å². The van der Waals surface area contributed by atoms with Gasteiger partial charge in [0.1, 0.15) is 4.90 Å². The Morgan fingerprint density at radius 2 is 1.87 bits per heavy atom. The molecule has 31 heavy (non-hydrogen) atoms. The van der Waals surface area contributed by atoms with Gasteiger partial charge in [0.05, 0.1) is 12.2 Å². The Kier molecular flexibility index (Phi) is 5.49. The van der Waals surface area contributed by atoms with E-state index in [0.29, 0.717) is 22.8 Å². The molecule has 2 aromatic carbocycles. The summed E-state index contributed by atoms with van der Waals surface area (Å²) in [6, 6.07) is 15.3. The molecule has 6 nitrogen and oxygen atoms in total. The number of sulfonamides is 1. The third-order valence-corrected chi connectivity index (χ3v) is 7.43. The van der Waals surface area contributed by atoms with Crippen molar-refractivity contribution in [2.45, 2.75) is 30.7 Å². The zero-order valence-electron chi connectivity index (χ0n) is 17.2. The van der Waals surface area contributed by atoms with Gasteiger partial charge in [-0.3, -0.25) is 14.1 Å². The average molecular weight is 456 g/mol. The lowest BCUT2D eigenvalue weighted by atomic mass is 9.79. The number of hydrogen-bond donors (Lipinski definition) is 1. The van der Waals surface area contributed by atoms with E-state index in [1.807, 2.05) is 19.9 Å². The number of benzene rings is 2. The Labute approximate surface area is 186 Å². The van der Waals surface area contributed by atoms with E-state index in [0.717, 1.165) is 11.1 Å². The topological polar surface area (TPSA) is 79.4 Å². The normalized spacial score (nSPS) is 15.1. The highest BCUT2D eigenvalue weighted by atomic mass is 35.5. The van der Waals surface area contributed by atoms with Crippen LogP contribution in [0.25, 0.3) is 0 Å². The van der Waals surface area contributed by atoms with E-state index < -0.39 is 10.0 Å². The summed E-state index contributed by atoms with van der Waals surface area (Å²) in [7, 11) is -3.93. The number of hydrogen-bond acceptors (Lipinski definition) is 4. The molecule has 1 amide bonds. The first kappa shape index (κ1) is 21.3. The molecular weight excluding hydrogens is 434 g/mol. The van der Waals surface area contributed by atoms with E-state index in [9.17, 15) is 13.2 Å². The number of halogens is 1. The van der Waals surface area contributed by atoms with Gasteiger partial charge >= 0.3 is 0 Å². The minimum Gasteiger partial charge on any atom is -0.351 e. The first-order valence-corrected chi connectivity index (χ1v) is 11.6. The summed E-state index contributed by atoms with van der Waals surface area (Å²) in [5.41, 5.74) is 2.30. The molecule has 0 aliphatic carbocycles. The Morgan fingerprint density at radius 3 is 2.55 bits per heavy atom. The lowest BCUT2D eigenvalue weighted by Crippen LogP contribution is -2.43. The van der Waals surface area contributed by atoms with Gasteiger partial charge in [0.15, 0.2) is 0 Å². The van der Waals surface area contributed by atoms with Crippen molar-refractivity contribution in [1.82, 2.24) is 10.3 Å². The number of carbonyl (C=O) groups is 1. The van der Waals surface area contributed by atoms with Crippen molar-refractivity contribution in [1.29, 1.82) is 0 Å². The van der Waals surface area contributed by atoms with Crippen molar-refractivity contribution in [2.75, 3.05) is 10.8 Å². The number of nitrogens with one attached hydrogen (secondary N) is 1. The van der Waals surface area contributed by atoms with Gasteiger partial charge in [0, 0.05) is 34.9 Å². The Morgan fingerprint density at radius 1 is 1.13 bits per heavy atom. The van der Waals surface area contributed by atoms with Crippen molar-refractivity contribution in [3.05, 3.63) is 88.7 Å². The number of pyridine rings is 1. The van der Waals surface area contributed by atoms with Crippen LogP contribution in [-0.2, 0) is 22.0 Å². The Bertz CT molecular complexity index is 1230. The van der Waals surface area contributed by atoms with Crippen molar-refractivity contribution in [3.8, 4) is 0 Å². The fourth-order valence-electron chi connectivity index (χ4n) is 3.65. The Hall–Kier alpha value is -2.90. The number of aromatic nitrogens is 1. The monoisotopic (exact) mass is 455 g/mol. The lowest BCUT2D eigenvalue weighted by molar-refractivity contribution is 0.0930. The van der Waals surface area contributed by atoms with Gasteiger partial charge in [0.2, 0.25) is 0 Å². The molecule has 0 spiro atoms. The second-order valence-electron chi connectivity index (χ2n) is 8.12. The molecule has 0 unspecified atom stereocenters. The standard InChI is InChI=1S/C23H22ClN3O3S/c1-23(2)15-26-22(28)20-12-18(9-10-21(20)23)27(14-16-5-7-17(24)8-6-16)31(29,30)19-4-3-11-25-13-19/h3-13H,14-15H2,1-2H3,(H,26,28). The predicted octanol–water partition coefficient (Wildman–Crippen LogP) is 4.15.